The number of rotatable bonds is 4. The van der Waals surface area contributed by atoms with Crippen LogP contribution in [0, 0.1) is 6.92 Å². The minimum atomic E-state index is 0.00866. The van der Waals surface area contributed by atoms with Gasteiger partial charge in [0.05, 0.1) is 0 Å². The Morgan fingerprint density at radius 1 is 1.47 bits per heavy atom. The van der Waals surface area contributed by atoms with E-state index in [1.54, 1.807) is 6.08 Å². The minimum absolute atomic E-state index is 0.00866. The number of hydrogen-bond donors (Lipinski definition) is 1. The van der Waals surface area contributed by atoms with Crippen LogP contribution < -0.4 is 5.32 Å². The molecule has 1 heterocycles. The number of hydrogen-bond acceptors (Lipinski definition) is 1. The van der Waals surface area contributed by atoms with Crippen LogP contribution in [0.2, 0.25) is 0 Å². The van der Waals surface area contributed by atoms with Crippen molar-refractivity contribution >= 4 is 16.8 Å². The van der Waals surface area contributed by atoms with Crippen LogP contribution >= 0.6 is 0 Å². The highest BCUT2D eigenvalue weighted by Gasteiger charge is 2.08. The fourth-order valence-electron chi connectivity index (χ4n) is 1.94. The van der Waals surface area contributed by atoms with E-state index in [-0.39, 0.29) is 5.91 Å². The van der Waals surface area contributed by atoms with Crippen LogP contribution in [0.15, 0.2) is 43.0 Å². The molecule has 0 unspecified atom stereocenters. The van der Waals surface area contributed by atoms with Gasteiger partial charge in [0.2, 0.25) is 5.91 Å². The summed E-state index contributed by atoms with van der Waals surface area (Å²) in [5.74, 6) is 0.00866. The van der Waals surface area contributed by atoms with Gasteiger partial charge in [-0.2, -0.15) is 0 Å². The number of aromatic nitrogens is 1. The predicted octanol–water partition coefficient (Wildman–Crippen LogP) is 2.25. The van der Waals surface area contributed by atoms with Crippen molar-refractivity contribution < 1.29 is 4.79 Å². The summed E-state index contributed by atoms with van der Waals surface area (Å²) < 4.78 is 2.02. The van der Waals surface area contributed by atoms with Crippen molar-refractivity contribution in [1.29, 1.82) is 0 Å². The Hall–Kier alpha value is -2.03. The highest BCUT2D eigenvalue weighted by Crippen LogP contribution is 2.18. The molecule has 0 radical (unpaired) electrons. The summed E-state index contributed by atoms with van der Waals surface area (Å²) in [5, 5.41) is 3.95. The first kappa shape index (κ1) is 11.5. The molecule has 0 bridgehead atoms. The van der Waals surface area contributed by atoms with Crippen LogP contribution in [0.5, 0.6) is 0 Å². The molecule has 2 aromatic rings. The van der Waals surface area contributed by atoms with Gasteiger partial charge in [-0.1, -0.05) is 24.3 Å². The van der Waals surface area contributed by atoms with Gasteiger partial charge in [0.15, 0.2) is 0 Å². The fraction of sp³-hybridized carbons (Fsp3) is 0.214. The van der Waals surface area contributed by atoms with Crippen LogP contribution in [0.25, 0.3) is 10.9 Å². The molecule has 2 rings (SSSR count). The predicted molar refractivity (Wildman–Crippen MR) is 69.9 cm³/mol. The van der Waals surface area contributed by atoms with Crippen molar-refractivity contribution in [3.63, 3.8) is 0 Å². The summed E-state index contributed by atoms with van der Waals surface area (Å²) >= 11 is 0. The van der Waals surface area contributed by atoms with Gasteiger partial charge < -0.3 is 9.88 Å². The molecule has 1 aromatic carbocycles. The Kier molecular flexibility index (Phi) is 3.28. The Balaban J connectivity index is 2.26. The van der Waals surface area contributed by atoms with Crippen molar-refractivity contribution in [3.8, 4) is 0 Å². The number of nitrogens with zero attached hydrogens (tertiary/aromatic N) is 1. The average Bonchev–Trinajstić information content (AvgIpc) is 2.64. The number of nitrogens with one attached hydrogen (secondary N) is 1. The molecule has 0 saturated heterocycles. The lowest BCUT2D eigenvalue weighted by Gasteiger charge is -2.08. The van der Waals surface area contributed by atoms with Gasteiger partial charge in [0.1, 0.15) is 6.54 Å². The molecular formula is C14H16N2O. The van der Waals surface area contributed by atoms with E-state index < -0.39 is 0 Å². The molecule has 0 aliphatic heterocycles. The molecule has 0 aliphatic rings. The van der Waals surface area contributed by atoms with Gasteiger partial charge in [-0.05, 0) is 24.4 Å². The molecule has 0 aliphatic carbocycles. The van der Waals surface area contributed by atoms with Crippen LogP contribution in [0.1, 0.15) is 5.69 Å². The van der Waals surface area contributed by atoms with Gasteiger partial charge >= 0.3 is 0 Å². The fourth-order valence-corrected chi connectivity index (χ4v) is 1.94. The molecule has 0 spiro atoms. The zero-order valence-electron chi connectivity index (χ0n) is 9.94. The maximum absolute atomic E-state index is 11.7. The summed E-state index contributed by atoms with van der Waals surface area (Å²) in [6.07, 6.45) is 1.68. The lowest BCUT2D eigenvalue weighted by Crippen LogP contribution is -2.27. The molecule has 3 nitrogen and oxygen atoms in total. The van der Waals surface area contributed by atoms with Gasteiger partial charge in [-0.15, -0.1) is 6.58 Å². The standard InChI is InChI=1S/C14H16N2O/c1-3-8-15-14(17)10-16-11(2)9-12-6-4-5-7-13(12)16/h3-7,9H,1,8,10H2,2H3,(H,15,17). The van der Waals surface area contributed by atoms with Crippen molar-refractivity contribution in [2.45, 2.75) is 13.5 Å². The second-order valence-electron chi connectivity index (χ2n) is 4.02. The number of para-hydroxylation sites is 1. The largest absolute Gasteiger partial charge is 0.351 e. The molecule has 17 heavy (non-hydrogen) atoms. The van der Waals surface area contributed by atoms with Gasteiger partial charge in [0, 0.05) is 17.8 Å². The number of carbonyl (C=O) groups excluding carboxylic acids is 1. The zero-order chi connectivity index (χ0) is 12.3. The molecule has 0 fully saturated rings. The van der Waals surface area contributed by atoms with Crippen LogP contribution in [-0.4, -0.2) is 17.0 Å². The third-order valence-corrected chi connectivity index (χ3v) is 2.76. The van der Waals surface area contributed by atoms with Crippen LogP contribution in [0.4, 0.5) is 0 Å². The quantitative estimate of drug-likeness (QED) is 0.800. The van der Waals surface area contributed by atoms with Crippen molar-refractivity contribution in [1.82, 2.24) is 9.88 Å². The van der Waals surface area contributed by atoms with Crippen molar-refractivity contribution in [2.24, 2.45) is 0 Å². The van der Waals surface area contributed by atoms with Crippen molar-refractivity contribution in [3.05, 3.63) is 48.7 Å². The first-order chi connectivity index (χ1) is 8.22. The van der Waals surface area contributed by atoms with E-state index >= 15 is 0 Å². The highest BCUT2D eigenvalue weighted by molar-refractivity contribution is 5.84. The Bertz CT molecular complexity index is 554. The first-order valence-corrected chi connectivity index (χ1v) is 5.65. The zero-order valence-corrected chi connectivity index (χ0v) is 9.94. The normalized spacial score (nSPS) is 10.4. The Morgan fingerprint density at radius 2 is 2.24 bits per heavy atom. The number of fused-ring (bicyclic) bond motifs is 1. The molecule has 0 atom stereocenters. The lowest BCUT2D eigenvalue weighted by atomic mass is 10.2. The van der Waals surface area contributed by atoms with Gasteiger partial charge in [0.25, 0.3) is 0 Å². The number of aryl methyl sites for hydroxylation is 1. The maximum atomic E-state index is 11.7. The minimum Gasteiger partial charge on any atom is -0.351 e. The van der Waals surface area contributed by atoms with Crippen LogP contribution in [0.3, 0.4) is 0 Å². The topological polar surface area (TPSA) is 34.0 Å². The van der Waals surface area contributed by atoms with Gasteiger partial charge in [-0.25, -0.2) is 0 Å². The Labute approximate surface area is 101 Å². The molecular weight excluding hydrogens is 212 g/mol. The number of benzene rings is 1. The van der Waals surface area contributed by atoms with E-state index in [0.29, 0.717) is 13.1 Å². The first-order valence-electron chi connectivity index (χ1n) is 5.65. The summed E-state index contributed by atoms with van der Waals surface area (Å²) in [6, 6.07) is 10.2. The third kappa shape index (κ3) is 2.38. The molecule has 1 N–H and O–H groups in total. The maximum Gasteiger partial charge on any atom is 0.240 e. The molecule has 88 valence electrons. The van der Waals surface area contributed by atoms with E-state index in [9.17, 15) is 4.79 Å². The molecule has 0 saturated carbocycles. The summed E-state index contributed by atoms with van der Waals surface area (Å²) in [6.45, 7) is 6.46. The smallest absolute Gasteiger partial charge is 0.240 e. The monoisotopic (exact) mass is 228 g/mol. The second-order valence-corrected chi connectivity index (χ2v) is 4.02. The van der Waals surface area contributed by atoms with E-state index in [0.717, 1.165) is 11.2 Å². The van der Waals surface area contributed by atoms with E-state index in [4.69, 9.17) is 0 Å². The van der Waals surface area contributed by atoms with E-state index in [1.807, 2.05) is 29.7 Å². The highest BCUT2D eigenvalue weighted by atomic mass is 16.1. The number of carbonyl (C=O) groups is 1. The second kappa shape index (κ2) is 4.87. The SMILES string of the molecule is C=CCNC(=O)Cn1c(C)cc2ccccc21. The van der Waals surface area contributed by atoms with Gasteiger partial charge in [-0.3, -0.25) is 4.79 Å². The Morgan fingerprint density at radius 3 is 3.00 bits per heavy atom. The third-order valence-electron chi connectivity index (χ3n) is 2.76. The molecule has 3 heteroatoms. The number of amides is 1. The van der Waals surface area contributed by atoms with E-state index in [1.165, 1.54) is 5.39 Å². The molecule has 1 amide bonds. The average molecular weight is 228 g/mol. The molecule has 1 aromatic heterocycles. The van der Waals surface area contributed by atoms with Crippen molar-refractivity contribution in [2.75, 3.05) is 6.54 Å². The summed E-state index contributed by atoms with van der Waals surface area (Å²) in [5.41, 5.74) is 2.19. The summed E-state index contributed by atoms with van der Waals surface area (Å²) in [7, 11) is 0. The summed E-state index contributed by atoms with van der Waals surface area (Å²) in [4.78, 5) is 11.7. The lowest BCUT2D eigenvalue weighted by molar-refractivity contribution is -0.121. The van der Waals surface area contributed by atoms with E-state index in [2.05, 4.69) is 24.0 Å². The van der Waals surface area contributed by atoms with Crippen LogP contribution in [-0.2, 0) is 11.3 Å².